The largest absolute Gasteiger partial charge is 0.370 e. The van der Waals surface area contributed by atoms with Crippen LogP contribution in [0.1, 0.15) is 61.0 Å². The molecular formula is C41H49N9O5S. The van der Waals surface area contributed by atoms with E-state index in [1.165, 1.54) is 18.3 Å². The normalized spacial score (nSPS) is 13.4. The second kappa shape index (κ2) is 19.5. The molecule has 9 N–H and O–H groups in total. The summed E-state index contributed by atoms with van der Waals surface area (Å²) in [6.07, 6.45) is 2.93. The predicted molar refractivity (Wildman–Crippen MR) is 218 cm³/mol. The highest BCUT2D eigenvalue weighted by molar-refractivity contribution is 7.20. The fourth-order valence-electron chi connectivity index (χ4n) is 6.48. The highest BCUT2D eigenvalue weighted by atomic mass is 32.1. The number of carbonyl (C=O) groups is 5. The molecule has 0 radical (unpaired) electrons. The van der Waals surface area contributed by atoms with Crippen molar-refractivity contribution >= 4 is 67.8 Å². The Balaban J connectivity index is 1.37. The van der Waals surface area contributed by atoms with E-state index in [0.717, 1.165) is 26.7 Å². The van der Waals surface area contributed by atoms with E-state index in [4.69, 9.17) is 11.1 Å². The predicted octanol–water partition coefficient (Wildman–Crippen LogP) is 3.71. The van der Waals surface area contributed by atoms with Crippen LogP contribution < -0.4 is 32.3 Å². The number of nitrogens with two attached hydrogens (primary N) is 1. The standard InChI is InChI=1S/C41H49N9O5S/c1-24(2)20-32(48-39(55)34(46-25(3)51)22-27-23-45-29-15-8-7-14-28(27)29)37(53)49-33(21-26-12-5-4-6-13-26)38(54)47-31(17-11-19-44-41(42)43)36(52)40-50-30-16-9-10-18-35(30)56-40/h4-10,12-16,18,23-24,31-34,45H,11,17,19-22H2,1-3H3,(H,46,51)(H,47,54)(H,48,55)(H,49,53)(H4,42,43,44)/t31-,32-,33?,34-/m0/s1. The number of aromatic nitrogens is 2. The number of hydrogen-bond acceptors (Lipinski definition) is 8. The molecule has 14 nitrogen and oxygen atoms in total. The molecule has 3 aromatic carbocycles. The molecule has 56 heavy (non-hydrogen) atoms. The van der Waals surface area contributed by atoms with Crippen molar-refractivity contribution in [2.45, 2.75) is 77.0 Å². The summed E-state index contributed by atoms with van der Waals surface area (Å²) in [6, 6.07) is 20.0. The Bertz CT molecular complexity index is 2130. The van der Waals surface area contributed by atoms with Gasteiger partial charge in [-0.1, -0.05) is 74.5 Å². The third-order valence-corrected chi connectivity index (χ3v) is 10.2. The van der Waals surface area contributed by atoms with Crippen molar-refractivity contribution in [2.75, 3.05) is 6.54 Å². The molecule has 0 bridgehead atoms. The van der Waals surface area contributed by atoms with E-state index in [0.29, 0.717) is 18.5 Å². The molecule has 0 saturated heterocycles. The molecule has 4 amide bonds. The molecule has 294 valence electrons. The average Bonchev–Trinajstić information content (AvgIpc) is 3.79. The van der Waals surface area contributed by atoms with E-state index in [1.54, 1.807) is 6.20 Å². The summed E-state index contributed by atoms with van der Waals surface area (Å²) in [5, 5.41) is 22.7. The molecule has 0 aliphatic rings. The molecule has 15 heteroatoms. The summed E-state index contributed by atoms with van der Waals surface area (Å²) in [6.45, 7) is 5.46. The fraction of sp³-hybridized carbons (Fsp3) is 0.341. The van der Waals surface area contributed by atoms with Gasteiger partial charge in [-0.25, -0.2) is 4.98 Å². The first-order valence-corrected chi connectivity index (χ1v) is 19.4. The lowest BCUT2D eigenvalue weighted by molar-refractivity contribution is -0.133. The van der Waals surface area contributed by atoms with Crippen molar-refractivity contribution in [2.24, 2.45) is 11.7 Å². The number of hydrogen-bond donors (Lipinski definition) is 8. The average molecular weight is 780 g/mol. The van der Waals surface area contributed by atoms with Crippen LogP contribution in [0.15, 0.2) is 85.1 Å². The molecule has 5 aromatic rings. The third kappa shape index (κ3) is 11.5. The Hall–Kier alpha value is -6.09. The maximum Gasteiger partial charge on any atom is 0.243 e. The van der Waals surface area contributed by atoms with Gasteiger partial charge in [0.2, 0.25) is 29.4 Å². The van der Waals surface area contributed by atoms with E-state index >= 15 is 0 Å². The van der Waals surface area contributed by atoms with Gasteiger partial charge in [-0.3, -0.25) is 29.4 Å². The second-order valence-electron chi connectivity index (χ2n) is 14.2. The number of H-pyrrole nitrogens is 1. The zero-order valence-corrected chi connectivity index (χ0v) is 32.5. The van der Waals surface area contributed by atoms with Gasteiger partial charge in [0.05, 0.1) is 16.3 Å². The van der Waals surface area contributed by atoms with Crippen molar-refractivity contribution in [3.63, 3.8) is 0 Å². The number of nitrogens with zero attached hydrogens (tertiary/aromatic N) is 1. The van der Waals surface area contributed by atoms with Crippen molar-refractivity contribution in [3.05, 3.63) is 101 Å². The van der Waals surface area contributed by atoms with Gasteiger partial charge in [-0.2, -0.15) is 0 Å². The number of fused-ring (bicyclic) bond motifs is 2. The minimum atomic E-state index is -1.13. The number of guanidine groups is 1. The number of carbonyl (C=O) groups excluding carboxylic acids is 5. The van der Waals surface area contributed by atoms with Crippen LogP contribution in [0.5, 0.6) is 0 Å². The van der Waals surface area contributed by atoms with Crippen LogP contribution >= 0.6 is 11.3 Å². The minimum Gasteiger partial charge on any atom is -0.370 e. The van der Waals surface area contributed by atoms with Gasteiger partial charge >= 0.3 is 0 Å². The van der Waals surface area contributed by atoms with Gasteiger partial charge < -0.3 is 37.3 Å². The highest BCUT2D eigenvalue weighted by Crippen LogP contribution is 2.24. The molecule has 0 aliphatic carbocycles. The maximum atomic E-state index is 14.2. The molecule has 2 aromatic heterocycles. The number of nitrogens with one attached hydrogen (secondary N) is 7. The van der Waals surface area contributed by atoms with Crippen LogP contribution in [-0.4, -0.2) is 76.1 Å². The van der Waals surface area contributed by atoms with Crippen molar-refractivity contribution in [3.8, 4) is 0 Å². The number of aromatic amines is 1. The second-order valence-corrected chi connectivity index (χ2v) is 15.2. The van der Waals surface area contributed by atoms with Crippen molar-refractivity contribution in [1.82, 2.24) is 36.6 Å². The quantitative estimate of drug-likeness (QED) is 0.0266. The Labute approximate surface area is 329 Å². The van der Waals surface area contributed by atoms with Crippen LogP contribution in [0, 0.1) is 11.3 Å². The summed E-state index contributed by atoms with van der Waals surface area (Å²) < 4.78 is 0.828. The van der Waals surface area contributed by atoms with Gasteiger partial charge in [0.25, 0.3) is 0 Å². The number of benzene rings is 3. The summed E-state index contributed by atoms with van der Waals surface area (Å²) in [4.78, 5) is 76.2. The fourth-order valence-corrected chi connectivity index (χ4v) is 7.44. The first-order chi connectivity index (χ1) is 26.9. The molecule has 0 fully saturated rings. The van der Waals surface area contributed by atoms with Crippen molar-refractivity contribution < 1.29 is 24.0 Å². The van der Waals surface area contributed by atoms with Gasteiger partial charge in [-0.15, -0.1) is 11.3 Å². The molecular weight excluding hydrogens is 731 g/mol. The molecule has 1 unspecified atom stereocenters. The topological polar surface area (TPSA) is 224 Å². The summed E-state index contributed by atoms with van der Waals surface area (Å²) in [5.41, 5.74) is 8.60. The number of rotatable bonds is 19. The van der Waals surface area contributed by atoms with Crippen LogP contribution in [0.25, 0.3) is 21.1 Å². The number of ketones is 1. The van der Waals surface area contributed by atoms with E-state index in [9.17, 15) is 24.0 Å². The van der Waals surface area contributed by atoms with Gasteiger partial charge in [0, 0.05) is 43.4 Å². The number of amides is 4. The molecule has 2 heterocycles. The van der Waals surface area contributed by atoms with Gasteiger partial charge in [0.15, 0.2) is 11.0 Å². The summed E-state index contributed by atoms with van der Waals surface area (Å²) in [5.74, 6) is -2.74. The van der Waals surface area contributed by atoms with E-state index in [2.05, 4.69) is 36.6 Å². The SMILES string of the molecule is CC(=O)N[C@@H](Cc1c[nH]c2ccccc12)C(=O)N[C@@H](CC(C)C)C(=O)NC(Cc1ccccc1)C(=O)N[C@@H](CCCNC(=N)N)C(=O)c1nc2ccccc2s1. The molecule has 0 saturated carbocycles. The monoisotopic (exact) mass is 779 g/mol. The van der Waals surface area contributed by atoms with E-state index in [-0.39, 0.29) is 48.4 Å². The zero-order chi connectivity index (χ0) is 40.2. The van der Waals surface area contributed by atoms with Crippen LogP contribution in [0.4, 0.5) is 0 Å². The Morgan fingerprint density at radius 3 is 2.11 bits per heavy atom. The lowest BCUT2D eigenvalue weighted by Crippen LogP contribution is -2.58. The maximum absolute atomic E-state index is 14.2. The summed E-state index contributed by atoms with van der Waals surface area (Å²) in [7, 11) is 0. The lowest BCUT2D eigenvalue weighted by atomic mass is 9.99. The first kappa shape index (κ1) is 41.1. The number of para-hydroxylation sites is 2. The molecule has 5 rings (SSSR count). The van der Waals surface area contributed by atoms with Gasteiger partial charge in [0.1, 0.15) is 18.1 Å². The van der Waals surface area contributed by atoms with Crippen LogP contribution in [0.3, 0.4) is 0 Å². The van der Waals surface area contributed by atoms with E-state index in [1.807, 2.05) is 92.7 Å². The van der Waals surface area contributed by atoms with Gasteiger partial charge in [-0.05, 0) is 54.5 Å². The van der Waals surface area contributed by atoms with Crippen molar-refractivity contribution in [1.29, 1.82) is 5.41 Å². The molecule has 4 atom stereocenters. The highest BCUT2D eigenvalue weighted by Gasteiger charge is 2.33. The number of thiazole rings is 1. The number of Topliss-reactive ketones (excluding diaryl/α,β-unsaturated/α-hetero) is 1. The third-order valence-electron chi connectivity index (χ3n) is 9.17. The van der Waals surface area contributed by atoms with Crippen LogP contribution in [0.2, 0.25) is 0 Å². The Morgan fingerprint density at radius 1 is 0.786 bits per heavy atom. The summed E-state index contributed by atoms with van der Waals surface area (Å²) >= 11 is 1.23. The van der Waals surface area contributed by atoms with E-state index < -0.39 is 47.8 Å². The first-order valence-electron chi connectivity index (χ1n) is 18.6. The minimum absolute atomic E-state index is 0.0280. The molecule has 0 spiro atoms. The Morgan fingerprint density at radius 2 is 1.41 bits per heavy atom. The van der Waals surface area contributed by atoms with Crippen LogP contribution in [-0.2, 0) is 32.0 Å². The smallest absolute Gasteiger partial charge is 0.243 e. The zero-order valence-electron chi connectivity index (χ0n) is 31.7. The lowest BCUT2D eigenvalue weighted by Gasteiger charge is -2.27. The Kier molecular flexibility index (Phi) is 14.3. The molecule has 0 aliphatic heterocycles.